The van der Waals surface area contributed by atoms with Gasteiger partial charge in [-0.3, -0.25) is 4.79 Å². The van der Waals surface area contributed by atoms with Crippen LogP contribution in [0.25, 0.3) is 11.3 Å². The summed E-state index contributed by atoms with van der Waals surface area (Å²) in [6.07, 6.45) is 0.586. The molecule has 0 aliphatic rings. The van der Waals surface area contributed by atoms with Gasteiger partial charge in [-0.05, 0) is 73.0 Å². The summed E-state index contributed by atoms with van der Waals surface area (Å²) >= 11 is 0. The molecule has 1 heterocycles. The Morgan fingerprint density at radius 3 is 2.24 bits per heavy atom. The second kappa shape index (κ2) is 10.3. The minimum Gasteiger partial charge on any atom is -0.497 e. The molecule has 0 fully saturated rings. The first kappa shape index (κ1) is 25.6. The molecule has 0 aliphatic heterocycles. The van der Waals surface area contributed by atoms with E-state index in [1.807, 2.05) is 38.0 Å². The van der Waals surface area contributed by atoms with Gasteiger partial charge in [0.1, 0.15) is 22.8 Å². The Bertz CT molecular complexity index is 1540. The molecule has 4 aromatic rings. The van der Waals surface area contributed by atoms with Gasteiger partial charge >= 0.3 is 6.18 Å². The van der Waals surface area contributed by atoms with Crippen molar-refractivity contribution in [1.29, 1.82) is 0 Å². The van der Waals surface area contributed by atoms with E-state index >= 15 is 0 Å². The smallest absolute Gasteiger partial charge is 0.417 e. The maximum atomic E-state index is 13.9. The molecule has 37 heavy (non-hydrogen) atoms. The largest absolute Gasteiger partial charge is 0.497 e. The summed E-state index contributed by atoms with van der Waals surface area (Å²) in [5.74, 6) is 3.59. The van der Waals surface area contributed by atoms with Gasteiger partial charge in [-0.25, -0.2) is 0 Å². The number of benzene rings is 3. The second-order valence-corrected chi connectivity index (χ2v) is 8.59. The lowest BCUT2D eigenvalue weighted by Crippen LogP contribution is -2.29. The molecule has 0 aliphatic carbocycles. The van der Waals surface area contributed by atoms with Gasteiger partial charge in [0, 0.05) is 6.07 Å². The number of hydrogen-bond acceptors (Lipinski definition) is 3. The molecule has 0 atom stereocenters. The molecule has 7 heteroatoms. The van der Waals surface area contributed by atoms with E-state index in [0.29, 0.717) is 22.8 Å². The van der Waals surface area contributed by atoms with E-state index in [0.717, 1.165) is 22.8 Å². The van der Waals surface area contributed by atoms with Crippen LogP contribution in [-0.2, 0) is 12.7 Å². The highest BCUT2D eigenvalue weighted by Gasteiger charge is 2.36. The molecular formula is C30H24F3NO3. The van der Waals surface area contributed by atoms with Crippen molar-refractivity contribution in [2.45, 2.75) is 26.6 Å². The van der Waals surface area contributed by atoms with Crippen LogP contribution in [0, 0.1) is 26.2 Å². The fraction of sp³-hybridized carbons (Fsp3) is 0.167. The van der Waals surface area contributed by atoms with Crippen LogP contribution in [0.5, 0.6) is 17.2 Å². The predicted octanol–water partition coefficient (Wildman–Crippen LogP) is 6.98. The van der Waals surface area contributed by atoms with Crippen LogP contribution in [0.2, 0.25) is 0 Å². The van der Waals surface area contributed by atoms with Gasteiger partial charge in [-0.15, -0.1) is 6.42 Å². The number of aromatic nitrogens is 1. The fourth-order valence-electron chi connectivity index (χ4n) is 4.09. The maximum Gasteiger partial charge on any atom is 0.417 e. The van der Waals surface area contributed by atoms with Crippen molar-refractivity contribution in [2.24, 2.45) is 0 Å². The Morgan fingerprint density at radius 1 is 0.919 bits per heavy atom. The van der Waals surface area contributed by atoms with E-state index in [1.54, 1.807) is 55.6 Å². The van der Waals surface area contributed by atoms with Crippen LogP contribution >= 0.6 is 0 Å². The van der Waals surface area contributed by atoms with E-state index in [2.05, 4.69) is 0 Å². The monoisotopic (exact) mass is 503 g/mol. The van der Waals surface area contributed by atoms with Crippen molar-refractivity contribution >= 4 is 0 Å². The first-order chi connectivity index (χ1) is 17.6. The Kier molecular flexibility index (Phi) is 7.12. The normalized spacial score (nSPS) is 11.2. The van der Waals surface area contributed by atoms with Crippen molar-refractivity contribution in [3.05, 3.63) is 111 Å². The predicted molar refractivity (Wildman–Crippen MR) is 137 cm³/mol. The third kappa shape index (κ3) is 5.54. The number of alkyl halides is 3. The molecule has 0 saturated carbocycles. The average Bonchev–Trinajstić information content (AvgIpc) is 2.86. The summed E-state index contributed by atoms with van der Waals surface area (Å²) in [6, 6.07) is 20.2. The summed E-state index contributed by atoms with van der Waals surface area (Å²) in [4.78, 5) is 13.3. The van der Waals surface area contributed by atoms with Crippen LogP contribution in [-0.4, -0.2) is 11.7 Å². The molecule has 1 aromatic heterocycles. The zero-order chi connectivity index (χ0) is 26.7. The molecule has 0 spiro atoms. The summed E-state index contributed by atoms with van der Waals surface area (Å²) in [5, 5.41) is 0. The number of rotatable bonds is 6. The van der Waals surface area contributed by atoms with Crippen molar-refractivity contribution in [2.75, 3.05) is 7.11 Å². The van der Waals surface area contributed by atoms with Gasteiger partial charge in [0.05, 0.1) is 24.9 Å². The molecule has 4 rings (SSSR count). The number of nitrogens with zero attached hydrogens (tertiary/aromatic N) is 1. The first-order valence-corrected chi connectivity index (χ1v) is 11.4. The number of aryl methyl sites for hydroxylation is 2. The van der Waals surface area contributed by atoms with Crippen molar-refractivity contribution in [3.63, 3.8) is 0 Å². The van der Waals surface area contributed by atoms with Gasteiger partial charge in [0.25, 0.3) is 5.56 Å². The SMILES string of the molecule is C#Cc1c(C(F)(F)F)cc(-c2ccc(Oc3cccc(OC)c3)cc2)n(Cc2ccc(C)cc2C)c1=O. The molecular weight excluding hydrogens is 479 g/mol. The van der Waals surface area contributed by atoms with E-state index in [9.17, 15) is 18.0 Å². The van der Waals surface area contributed by atoms with Crippen molar-refractivity contribution < 1.29 is 22.6 Å². The van der Waals surface area contributed by atoms with Crippen LogP contribution < -0.4 is 15.0 Å². The molecule has 0 radical (unpaired) electrons. The molecule has 0 N–H and O–H groups in total. The molecule has 4 nitrogen and oxygen atoms in total. The summed E-state index contributed by atoms with van der Waals surface area (Å²) in [7, 11) is 1.55. The zero-order valence-electron chi connectivity index (χ0n) is 20.5. The standard InChI is InChI=1S/C30H24F3NO3/c1-5-26-27(30(31,32)33)17-28(34(29(26)35)18-22-10-9-19(2)15-20(22)3)21-11-13-23(14-12-21)37-25-8-6-7-24(16-25)36-4/h1,6-17H,18H2,2-4H3. The van der Waals surface area contributed by atoms with Gasteiger partial charge in [0.2, 0.25) is 0 Å². The van der Waals surface area contributed by atoms with Gasteiger partial charge < -0.3 is 14.0 Å². The molecule has 0 unspecified atom stereocenters. The maximum absolute atomic E-state index is 13.9. The lowest BCUT2D eigenvalue weighted by atomic mass is 10.0. The third-order valence-corrected chi connectivity index (χ3v) is 6.00. The van der Waals surface area contributed by atoms with E-state index in [1.165, 1.54) is 4.57 Å². The lowest BCUT2D eigenvalue weighted by Gasteiger charge is -2.19. The Balaban J connectivity index is 1.81. The summed E-state index contributed by atoms with van der Waals surface area (Å²) < 4.78 is 54.0. The summed E-state index contributed by atoms with van der Waals surface area (Å²) in [5.41, 5.74) is 0.554. The summed E-state index contributed by atoms with van der Waals surface area (Å²) in [6.45, 7) is 3.90. The van der Waals surface area contributed by atoms with Gasteiger partial charge in [0.15, 0.2) is 0 Å². The highest BCUT2D eigenvalue weighted by atomic mass is 19.4. The topological polar surface area (TPSA) is 40.5 Å². The fourth-order valence-corrected chi connectivity index (χ4v) is 4.09. The molecule has 0 saturated heterocycles. The van der Waals surface area contributed by atoms with E-state index in [4.69, 9.17) is 15.9 Å². The molecule has 3 aromatic carbocycles. The Morgan fingerprint density at radius 2 is 1.62 bits per heavy atom. The van der Waals surface area contributed by atoms with Crippen molar-refractivity contribution in [3.8, 4) is 40.8 Å². The minimum absolute atomic E-state index is 0.0646. The van der Waals surface area contributed by atoms with Gasteiger partial charge in [-0.2, -0.15) is 13.2 Å². The average molecular weight is 504 g/mol. The van der Waals surface area contributed by atoms with Crippen LogP contribution in [0.15, 0.2) is 77.6 Å². The number of pyridine rings is 1. The Labute approximate surface area is 212 Å². The van der Waals surface area contributed by atoms with E-state index in [-0.39, 0.29) is 12.2 Å². The second-order valence-electron chi connectivity index (χ2n) is 8.59. The highest BCUT2D eigenvalue weighted by Crippen LogP contribution is 2.35. The van der Waals surface area contributed by atoms with E-state index < -0.39 is 22.9 Å². The van der Waals surface area contributed by atoms with Gasteiger partial charge in [-0.1, -0.05) is 35.7 Å². The number of halogens is 3. The number of hydrogen-bond donors (Lipinski definition) is 0. The number of methoxy groups -OCH3 is 1. The molecule has 0 bridgehead atoms. The third-order valence-electron chi connectivity index (χ3n) is 6.00. The van der Waals surface area contributed by atoms with Crippen molar-refractivity contribution in [1.82, 2.24) is 4.57 Å². The van der Waals surface area contributed by atoms with Crippen LogP contribution in [0.1, 0.15) is 27.8 Å². The van der Waals surface area contributed by atoms with Crippen LogP contribution in [0.4, 0.5) is 13.2 Å². The number of ether oxygens (including phenoxy) is 2. The quantitative estimate of drug-likeness (QED) is 0.267. The lowest BCUT2D eigenvalue weighted by molar-refractivity contribution is -0.137. The molecule has 188 valence electrons. The zero-order valence-corrected chi connectivity index (χ0v) is 20.5. The minimum atomic E-state index is -4.79. The Hall–Kier alpha value is -4.44. The molecule has 0 amide bonds. The highest BCUT2D eigenvalue weighted by molar-refractivity contribution is 5.64. The van der Waals surface area contributed by atoms with Crippen LogP contribution in [0.3, 0.4) is 0 Å². The first-order valence-electron chi connectivity index (χ1n) is 11.4. The number of terminal acetylenes is 1.